The Kier molecular flexibility index (Phi) is 41.1. The number of hydrogen-bond acceptors (Lipinski definition) is 0. The zero-order valence-electron chi connectivity index (χ0n) is 30.4. The smallest absolute Gasteiger partial charge is 0.0796 e. The van der Waals surface area contributed by atoms with Gasteiger partial charge in [-0.25, -0.2) is 0 Å². The zero-order valence-corrected chi connectivity index (χ0v) is 31.9. The van der Waals surface area contributed by atoms with Crippen LogP contribution in [-0.2, 0) is 0 Å². The van der Waals surface area contributed by atoms with Crippen LogP contribution in [-0.4, -0.2) is 37.0 Å². The van der Waals surface area contributed by atoms with Gasteiger partial charge in [0.25, 0.3) is 0 Å². The molecule has 0 heterocycles. The Morgan fingerprint density at radius 1 is 0.302 bits per heavy atom. The molecule has 0 aromatic carbocycles. The third kappa shape index (κ3) is 36.9. The van der Waals surface area contributed by atoms with Gasteiger partial charge in [0.2, 0.25) is 0 Å². The highest BCUT2D eigenvalue weighted by Gasteiger charge is 2.20. The summed E-state index contributed by atoms with van der Waals surface area (Å²) < 4.78 is 1.27. The van der Waals surface area contributed by atoms with E-state index in [1.807, 2.05) is 0 Å². The molecule has 0 radical (unpaired) electrons. The first kappa shape index (κ1) is 45.7. The average Bonchev–Trinajstić information content (AvgIpc) is 2.99. The summed E-state index contributed by atoms with van der Waals surface area (Å²) in [5, 5.41) is 0. The van der Waals surface area contributed by atoms with Gasteiger partial charge in [-0.1, -0.05) is 194 Å². The molecular formula is C40H83Cl2N. The van der Waals surface area contributed by atoms with Gasteiger partial charge in [-0.3, -0.25) is 0 Å². The van der Waals surface area contributed by atoms with Gasteiger partial charge in [0, 0.05) is 12.3 Å². The Hall–Kier alpha value is 0.540. The molecule has 0 saturated heterocycles. The minimum absolute atomic E-state index is 0. The topological polar surface area (TPSA) is 0 Å². The number of halogens is 2. The summed E-state index contributed by atoms with van der Waals surface area (Å²) >= 11 is 6.10. The molecule has 0 aliphatic heterocycles. The fraction of sp³-hybridized carbons (Fsp3) is 1.00. The molecule has 1 nitrogen and oxygen atoms in total. The Morgan fingerprint density at radius 2 is 0.488 bits per heavy atom. The SMILES string of the molecule is CCCCCCCCCCCCCCCCCC[N+](C)(CCCCl)CCCCCCCCCCCCCCCCCC.[Cl-]. The van der Waals surface area contributed by atoms with Crippen molar-refractivity contribution >= 4 is 11.6 Å². The second kappa shape index (κ2) is 38.7. The third-order valence-corrected chi connectivity index (χ3v) is 10.2. The Morgan fingerprint density at radius 3 is 0.698 bits per heavy atom. The van der Waals surface area contributed by atoms with Gasteiger partial charge < -0.3 is 16.9 Å². The lowest BCUT2D eigenvalue weighted by Crippen LogP contribution is -3.00. The predicted octanol–water partition coefficient (Wildman–Crippen LogP) is 11.6. The van der Waals surface area contributed by atoms with Crippen LogP contribution in [0.15, 0.2) is 0 Å². The first-order valence-electron chi connectivity index (χ1n) is 20.1. The van der Waals surface area contributed by atoms with Crippen molar-refractivity contribution in [3.63, 3.8) is 0 Å². The Labute approximate surface area is 285 Å². The molecule has 0 amide bonds. The van der Waals surface area contributed by atoms with Gasteiger partial charge in [-0.2, -0.15) is 0 Å². The molecule has 0 fully saturated rings. The number of nitrogens with zero attached hydrogens (tertiary/aromatic N) is 1. The van der Waals surface area contributed by atoms with E-state index in [9.17, 15) is 0 Å². The summed E-state index contributed by atoms with van der Waals surface area (Å²) in [6, 6.07) is 0. The number of alkyl halides is 1. The van der Waals surface area contributed by atoms with E-state index in [2.05, 4.69) is 20.9 Å². The van der Waals surface area contributed by atoms with Crippen LogP contribution in [0.25, 0.3) is 0 Å². The van der Waals surface area contributed by atoms with Gasteiger partial charge in [-0.15, -0.1) is 11.6 Å². The first-order chi connectivity index (χ1) is 20.7. The van der Waals surface area contributed by atoms with Crippen LogP contribution in [0.5, 0.6) is 0 Å². The van der Waals surface area contributed by atoms with Gasteiger partial charge in [0.05, 0.1) is 26.7 Å². The summed E-state index contributed by atoms with van der Waals surface area (Å²) in [6.07, 6.45) is 47.8. The molecule has 0 aromatic heterocycles. The van der Waals surface area contributed by atoms with Crippen LogP contribution in [0.3, 0.4) is 0 Å². The molecular weight excluding hydrogens is 565 g/mol. The maximum Gasteiger partial charge on any atom is 0.0796 e. The Bertz CT molecular complexity index is 447. The van der Waals surface area contributed by atoms with Gasteiger partial charge in [0.1, 0.15) is 0 Å². The maximum absolute atomic E-state index is 6.10. The fourth-order valence-corrected chi connectivity index (χ4v) is 6.98. The van der Waals surface area contributed by atoms with E-state index < -0.39 is 0 Å². The quantitative estimate of drug-likeness (QED) is 0.0357. The third-order valence-electron chi connectivity index (χ3n) is 9.93. The van der Waals surface area contributed by atoms with Crippen LogP contribution >= 0.6 is 11.6 Å². The summed E-state index contributed by atoms with van der Waals surface area (Å²) in [7, 11) is 2.52. The fourth-order valence-electron chi connectivity index (χ4n) is 6.86. The predicted molar refractivity (Wildman–Crippen MR) is 195 cm³/mol. The largest absolute Gasteiger partial charge is 1.00 e. The van der Waals surface area contributed by atoms with Crippen LogP contribution in [0, 0.1) is 0 Å². The van der Waals surface area contributed by atoms with E-state index in [4.69, 9.17) is 11.6 Å². The molecule has 0 rings (SSSR count). The molecule has 0 atom stereocenters. The number of hydrogen-bond donors (Lipinski definition) is 0. The van der Waals surface area contributed by atoms with E-state index >= 15 is 0 Å². The van der Waals surface area contributed by atoms with Crippen molar-refractivity contribution in [2.45, 2.75) is 226 Å². The van der Waals surface area contributed by atoms with E-state index in [0.717, 1.165) is 5.88 Å². The summed E-state index contributed by atoms with van der Waals surface area (Å²) in [6.45, 7) is 8.63. The summed E-state index contributed by atoms with van der Waals surface area (Å²) in [5.41, 5.74) is 0. The lowest BCUT2D eigenvalue weighted by molar-refractivity contribution is -0.910. The first-order valence-corrected chi connectivity index (χ1v) is 20.6. The molecule has 0 spiro atoms. The molecule has 0 aromatic rings. The molecule has 0 aliphatic carbocycles. The van der Waals surface area contributed by atoms with Gasteiger partial charge in [0.15, 0.2) is 0 Å². The van der Waals surface area contributed by atoms with Crippen LogP contribution < -0.4 is 12.4 Å². The minimum Gasteiger partial charge on any atom is -1.00 e. The molecule has 0 unspecified atom stereocenters. The molecule has 262 valence electrons. The molecule has 0 saturated carbocycles. The molecule has 0 bridgehead atoms. The van der Waals surface area contributed by atoms with Gasteiger partial charge >= 0.3 is 0 Å². The van der Waals surface area contributed by atoms with E-state index in [1.54, 1.807) is 0 Å². The highest BCUT2D eigenvalue weighted by molar-refractivity contribution is 6.17. The van der Waals surface area contributed by atoms with Crippen LogP contribution in [0.2, 0.25) is 0 Å². The number of unbranched alkanes of at least 4 members (excludes halogenated alkanes) is 30. The van der Waals surface area contributed by atoms with Crippen molar-refractivity contribution in [2.75, 3.05) is 32.6 Å². The zero-order chi connectivity index (χ0) is 30.7. The van der Waals surface area contributed by atoms with Crippen LogP contribution in [0.1, 0.15) is 226 Å². The second-order valence-corrected chi connectivity index (χ2v) is 14.8. The van der Waals surface area contributed by atoms with Crippen molar-refractivity contribution in [1.29, 1.82) is 0 Å². The van der Waals surface area contributed by atoms with Crippen molar-refractivity contribution in [3.8, 4) is 0 Å². The van der Waals surface area contributed by atoms with E-state index in [1.165, 1.54) is 236 Å². The van der Waals surface area contributed by atoms with E-state index in [0.29, 0.717) is 0 Å². The Balaban J connectivity index is 0. The molecule has 0 aliphatic rings. The number of quaternary nitrogens is 1. The monoisotopic (exact) mass is 648 g/mol. The minimum atomic E-state index is 0. The number of rotatable bonds is 37. The standard InChI is InChI=1S/C40H83ClN.ClH/c1-4-6-8-10-12-14-16-18-20-22-24-26-28-30-32-34-38-42(3,40-36-37-41)39-35-33-31-29-27-25-23-21-19-17-15-13-11-9-7-5-2;/h4-40H2,1-3H3;1H/q+1;/p-1. The highest BCUT2D eigenvalue weighted by atomic mass is 35.5. The van der Waals surface area contributed by atoms with Crippen molar-refractivity contribution < 1.29 is 16.9 Å². The molecule has 0 N–H and O–H groups in total. The normalized spacial score (nSPS) is 11.7. The van der Waals surface area contributed by atoms with Gasteiger partial charge in [-0.05, 0) is 25.7 Å². The van der Waals surface area contributed by atoms with E-state index in [-0.39, 0.29) is 12.4 Å². The average molecular weight is 649 g/mol. The van der Waals surface area contributed by atoms with Crippen molar-refractivity contribution in [2.24, 2.45) is 0 Å². The van der Waals surface area contributed by atoms with Crippen LogP contribution in [0.4, 0.5) is 0 Å². The molecule has 3 heteroatoms. The maximum atomic E-state index is 6.10. The lowest BCUT2D eigenvalue weighted by Gasteiger charge is -2.35. The van der Waals surface area contributed by atoms with Crippen molar-refractivity contribution in [3.05, 3.63) is 0 Å². The second-order valence-electron chi connectivity index (χ2n) is 14.4. The molecule has 43 heavy (non-hydrogen) atoms. The lowest BCUT2D eigenvalue weighted by atomic mass is 10.0. The summed E-state index contributed by atoms with van der Waals surface area (Å²) in [4.78, 5) is 0. The highest BCUT2D eigenvalue weighted by Crippen LogP contribution is 2.17. The summed E-state index contributed by atoms with van der Waals surface area (Å²) in [5.74, 6) is 0.825. The van der Waals surface area contributed by atoms with Crippen molar-refractivity contribution in [1.82, 2.24) is 0 Å².